The van der Waals surface area contributed by atoms with Crippen molar-refractivity contribution >= 4 is 17.5 Å². The molecule has 1 aromatic carbocycles. The van der Waals surface area contributed by atoms with Gasteiger partial charge in [-0.05, 0) is 25.1 Å². The second kappa shape index (κ2) is 5.30. The van der Waals surface area contributed by atoms with Crippen LogP contribution in [-0.2, 0) is 6.18 Å². The second-order valence-corrected chi connectivity index (χ2v) is 3.90. The number of rotatable bonds is 2. The minimum Gasteiger partial charge on any atom is -0.440 e. The third-order valence-electron chi connectivity index (χ3n) is 1.83. The highest BCUT2D eigenvalue weighted by Gasteiger charge is 2.33. The normalized spacial score (nSPS) is 12.4. The van der Waals surface area contributed by atoms with Gasteiger partial charge in [0.15, 0.2) is 0 Å². The van der Waals surface area contributed by atoms with E-state index >= 15 is 0 Å². The van der Waals surface area contributed by atoms with Gasteiger partial charge in [0.2, 0.25) is 5.90 Å². The minimum atomic E-state index is -4.57. The summed E-state index contributed by atoms with van der Waals surface area (Å²) in [5.41, 5.74) is 4.61. The summed E-state index contributed by atoms with van der Waals surface area (Å²) in [4.78, 5) is 0. The fourth-order valence-electron chi connectivity index (χ4n) is 1.15. The molecule has 0 aliphatic rings. The van der Waals surface area contributed by atoms with Crippen molar-refractivity contribution in [3.05, 3.63) is 40.6 Å². The molecule has 0 saturated heterocycles. The van der Waals surface area contributed by atoms with Crippen LogP contribution in [0.2, 0.25) is 5.02 Å². The summed E-state index contributed by atoms with van der Waals surface area (Å²) in [5.74, 6) is -0.486. The summed E-state index contributed by atoms with van der Waals surface area (Å²) in [6, 6.07) is 3.04. The van der Waals surface area contributed by atoms with Gasteiger partial charge >= 0.3 is 6.18 Å². The summed E-state index contributed by atoms with van der Waals surface area (Å²) >= 11 is 5.44. The molecule has 0 spiro atoms. The third-order valence-corrected chi connectivity index (χ3v) is 2.16. The molecule has 0 unspecified atom stereocenters. The second-order valence-electron chi connectivity index (χ2n) is 3.49. The van der Waals surface area contributed by atoms with Crippen LogP contribution in [0.1, 0.15) is 12.5 Å². The van der Waals surface area contributed by atoms with Gasteiger partial charge in [0.25, 0.3) is 0 Å². The van der Waals surface area contributed by atoms with Crippen molar-refractivity contribution in [2.75, 3.05) is 0 Å². The lowest BCUT2D eigenvalue weighted by atomic mass is 10.2. The zero-order valence-electron chi connectivity index (χ0n) is 9.31. The molecule has 0 amide bonds. The molecular formula is C11H10ClF3N2O. The Bertz CT molecular complexity index is 494. The molecule has 18 heavy (non-hydrogen) atoms. The Balaban J connectivity index is 3.00. The molecule has 0 atom stereocenters. The number of alkyl halides is 3. The van der Waals surface area contributed by atoms with Gasteiger partial charge < -0.3 is 10.5 Å². The van der Waals surface area contributed by atoms with E-state index in [0.29, 0.717) is 5.70 Å². The lowest BCUT2D eigenvalue weighted by Gasteiger charge is -2.11. The lowest BCUT2D eigenvalue weighted by molar-refractivity contribution is -0.137. The summed E-state index contributed by atoms with van der Waals surface area (Å²) in [7, 11) is 0. The first-order valence-electron chi connectivity index (χ1n) is 4.77. The molecule has 0 bridgehead atoms. The van der Waals surface area contributed by atoms with Crippen molar-refractivity contribution in [2.24, 2.45) is 5.73 Å². The first kappa shape index (κ1) is 14.4. The average Bonchev–Trinajstić information content (AvgIpc) is 2.17. The molecule has 0 heterocycles. The summed E-state index contributed by atoms with van der Waals surface area (Å²) in [6.45, 7) is 1.53. The van der Waals surface area contributed by atoms with Gasteiger partial charge in [-0.3, -0.25) is 5.41 Å². The molecule has 0 aromatic heterocycles. The number of allylic oxidation sites excluding steroid dienone is 1. The number of halogens is 4. The fourth-order valence-corrected chi connectivity index (χ4v) is 1.37. The van der Waals surface area contributed by atoms with Crippen LogP contribution in [0.25, 0.3) is 0 Å². The molecule has 7 heteroatoms. The van der Waals surface area contributed by atoms with Crippen molar-refractivity contribution in [1.29, 1.82) is 5.41 Å². The Morgan fingerprint density at radius 1 is 1.44 bits per heavy atom. The van der Waals surface area contributed by atoms with Gasteiger partial charge in [0.05, 0.1) is 10.6 Å². The van der Waals surface area contributed by atoms with Crippen LogP contribution in [0.15, 0.2) is 30.0 Å². The first-order chi connectivity index (χ1) is 8.20. The highest BCUT2D eigenvalue weighted by Crippen LogP contribution is 2.36. The van der Waals surface area contributed by atoms with Crippen LogP contribution in [0, 0.1) is 5.41 Å². The van der Waals surface area contributed by atoms with Crippen LogP contribution >= 0.6 is 11.6 Å². The highest BCUT2D eigenvalue weighted by atomic mass is 35.5. The highest BCUT2D eigenvalue weighted by molar-refractivity contribution is 6.31. The number of ether oxygens (including phenoxy) is 1. The van der Waals surface area contributed by atoms with E-state index in [1.807, 2.05) is 0 Å². The molecule has 98 valence electrons. The molecule has 1 rings (SSSR count). The Labute approximate surface area is 107 Å². The summed E-state index contributed by atoms with van der Waals surface area (Å²) in [5, 5.41) is 6.92. The maximum absolute atomic E-state index is 12.6. The molecular weight excluding hydrogens is 269 g/mol. The zero-order valence-corrected chi connectivity index (χ0v) is 10.1. The van der Waals surface area contributed by atoms with Crippen LogP contribution in [0.3, 0.4) is 0 Å². The molecule has 0 saturated carbocycles. The number of hydrogen-bond acceptors (Lipinski definition) is 3. The van der Waals surface area contributed by atoms with E-state index in [-0.39, 0.29) is 11.6 Å². The molecule has 0 radical (unpaired) electrons. The summed E-state index contributed by atoms with van der Waals surface area (Å²) < 4.78 is 42.5. The maximum atomic E-state index is 12.6. The van der Waals surface area contributed by atoms with Gasteiger partial charge in [-0.2, -0.15) is 13.2 Å². The summed E-state index contributed by atoms with van der Waals surface area (Å²) in [6.07, 6.45) is -3.39. The third kappa shape index (κ3) is 3.96. The first-order valence-corrected chi connectivity index (χ1v) is 5.15. The van der Waals surface area contributed by atoms with E-state index in [0.717, 1.165) is 12.1 Å². The van der Waals surface area contributed by atoms with Gasteiger partial charge in [-0.25, -0.2) is 0 Å². The van der Waals surface area contributed by atoms with Crippen molar-refractivity contribution in [3.8, 4) is 5.75 Å². The Morgan fingerprint density at radius 3 is 2.56 bits per heavy atom. The van der Waals surface area contributed by atoms with Gasteiger partial charge in [0.1, 0.15) is 5.75 Å². The van der Waals surface area contributed by atoms with Gasteiger partial charge in [-0.1, -0.05) is 11.6 Å². The van der Waals surface area contributed by atoms with Gasteiger partial charge in [0, 0.05) is 11.8 Å². The van der Waals surface area contributed by atoms with Gasteiger partial charge in [-0.15, -0.1) is 0 Å². The molecule has 0 fully saturated rings. The number of nitrogens with two attached hydrogens (primary N) is 1. The molecule has 1 aromatic rings. The van der Waals surface area contributed by atoms with Crippen molar-refractivity contribution < 1.29 is 17.9 Å². The topological polar surface area (TPSA) is 59.1 Å². The van der Waals surface area contributed by atoms with Crippen molar-refractivity contribution in [2.45, 2.75) is 13.1 Å². The van der Waals surface area contributed by atoms with E-state index in [1.165, 1.54) is 19.1 Å². The smallest absolute Gasteiger partial charge is 0.417 e. The Kier molecular flexibility index (Phi) is 4.24. The van der Waals surface area contributed by atoms with E-state index in [2.05, 4.69) is 0 Å². The lowest BCUT2D eigenvalue weighted by Crippen LogP contribution is -2.09. The minimum absolute atomic E-state index is 0.130. The number of hydrogen-bond donors (Lipinski definition) is 2. The molecule has 3 nitrogen and oxygen atoms in total. The van der Waals surface area contributed by atoms with Crippen LogP contribution in [-0.4, -0.2) is 5.90 Å². The molecule has 0 aliphatic heterocycles. The van der Waals surface area contributed by atoms with Crippen LogP contribution < -0.4 is 10.5 Å². The number of nitrogens with one attached hydrogen (secondary N) is 1. The maximum Gasteiger partial charge on any atom is 0.417 e. The predicted molar refractivity (Wildman–Crippen MR) is 62.8 cm³/mol. The van der Waals surface area contributed by atoms with E-state index in [9.17, 15) is 13.2 Å². The van der Waals surface area contributed by atoms with Crippen molar-refractivity contribution in [1.82, 2.24) is 0 Å². The molecule has 0 aliphatic carbocycles. The Morgan fingerprint density at radius 2 is 2.06 bits per heavy atom. The van der Waals surface area contributed by atoms with E-state index in [4.69, 9.17) is 27.5 Å². The molecule has 3 N–H and O–H groups in total. The van der Waals surface area contributed by atoms with Crippen LogP contribution in [0.4, 0.5) is 13.2 Å². The standard InChI is InChI=1S/C11H10ClF3N2O/c1-6(16)4-10(17)18-7-2-3-9(12)8(5-7)11(13,14)15/h2-5,17H,16H2,1H3/b6-4-,17-10?. The largest absolute Gasteiger partial charge is 0.440 e. The average molecular weight is 279 g/mol. The predicted octanol–water partition coefficient (Wildman–Crippen LogP) is 3.58. The fraction of sp³-hybridized carbons (Fsp3) is 0.182. The quantitative estimate of drug-likeness (QED) is 0.642. The van der Waals surface area contributed by atoms with E-state index < -0.39 is 16.8 Å². The zero-order chi connectivity index (χ0) is 13.9. The van der Waals surface area contributed by atoms with Crippen LogP contribution in [0.5, 0.6) is 5.75 Å². The SMILES string of the molecule is C/C(N)=C/C(=N)Oc1ccc(Cl)c(C(F)(F)F)c1. The van der Waals surface area contributed by atoms with Crippen molar-refractivity contribution in [3.63, 3.8) is 0 Å². The monoisotopic (exact) mass is 278 g/mol. The number of benzene rings is 1. The van der Waals surface area contributed by atoms with E-state index in [1.54, 1.807) is 0 Å². The Hall–Kier alpha value is -1.69.